The molecule has 1 aliphatic heterocycles. The average Bonchev–Trinajstić information content (AvgIpc) is 2.38. The summed E-state index contributed by atoms with van der Waals surface area (Å²) in [6.45, 7) is 2.14. The molecule has 1 aromatic carbocycles. The lowest BCUT2D eigenvalue weighted by molar-refractivity contribution is -0.147. The highest BCUT2D eigenvalue weighted by Gasteiger charge is 2.46. The SMILES string of the molecule is O=C(O)C1(c2cccc(C3CCNCC3)c2)CCC1. The van der Waals surface area contributed by atoms with Crippen LogP contribution in [0.4, 0.5) is 0 Å². The second-order valence-corrected chi connectivity index (χ2v) is 5.89. The van der Waals surface area contributed by atoms with Gasteiger partial charge < -0.3 is 10.4 Å². The van der Waals surface area contributed by atoms with Gasteiger partial charge >= 0.3 is 5.97 Å². The number of carboxylic acid groups (broad SMARTS) is 1. The summed E-state index contributed by atoms with van der Waals surface area (Å²) < 4.78 is 0. The molecule has 2 N–H and O–H groups in total. The largest absolute Gasteiger partial charge is 0.481 e. The molecular weight excluding hydrogens is 238 g/mol. The summed E-state index contributed by atoms with van der Waals surface area (Å²) in [5, 5.41) is 12.9. The van der Waals surface area contributed by atoms with Gasteiger partial charge in [0.25, 0.3) is 0 Å². The van der Waals surface area contributed by atoms with Crippen molar-refractivity contribution in [3.63, 3.8) is 0 Å². The Morgan fingerprint density at radius 2 is 2.00 bits per heavy atom. The van der Waals surface area contributed by atoms with Gasteiger partial charge in [-0.2, -0.15) is 0 Å². The van der Waals surface area contributed by atoms with Crippen LogP contribution in [0.2, 0.25) is 0 Å². The zero-order valence-corrected chi connectivity index (χ0v) is 11.2. The molecule has 2 fully saturated rings. The highest BCUT2D eigenvalue weighted by molar-refractivity contribution is 5.82. The van der Waals surface area contributed by atoms with Gasteiger partial charge in [-0.15, -0.1) is 0 Å². The smallest absolute Gasteiger partial charge is 0.314 e. The lowest BCUT2D eigenvalue weighted by atomic mass is 9.64. The average molecular weight is 259 g/mol. The predicted octanol–water partition coefficient (Wildman–Crippen LogP) is 2.66. The van der Waals surface area contributed by atoms with Crippen molar-refractivity contribution < 1.29 is 9.90 Å². The molecule has 1 saturated carbocycles. The number of hydrogen-bond acceptors (Lipinski definition) is 2. The van der Waals surface area contributed by atoms with E-state index in [1.807, 2.05) is 12.1 Å². The van der Waals surface area contributed by atoms with Crippen molar-refractivity contribution in [3.05, 3.63) is 35.4 Å². The van der Waals surface area contributed by atoms with Crippen LogP contribution in [0.3, 0.4) is 0 Å². The lowest BCUT2D eigenvalue weighted by Crippen LogP contribution is -2.42. The summed E-state index contributed by atoms with van der Waals surface area (Å²) in [5.41, 5.74) is 1.75. The zero-order valence-electron chi connectivity index (χ0n) is 11.2. The minimum Gasteiger partial charge on any atom is -0.481 e. The maximum atomic E-state index is 11.6. The first-order valence-corrected chi connectivity index (χ1v) is 7.27. The first-order chi connectivity index (χ1) is 9.22. The van der Waals surface area contributed by atoms with Gasteiger partial charge in [0.15, 0.2) is 0 Å². The Morgan fingerprint density at radius 1 is 1.26 bits per heavy atom. The van der Waals surface area contributed by atoms with Gasteiger partial charge in [-0.3, -0.25) is 4.79 Å². The number of hydrogen-bond donors (Lipinski definition) is 2. The Balaban J connectivity index is 1.89. The van der Waals surface area contributed by atoms with E-state index in [1.165, 1.54) is 5.56 Å². The van der Waals surface area contributed by atoms with E-state index in [2.05, 4.69) is 17.4 Å². The van der Waals surface area contributed by atoms with Crippen LogP contribution in [0.1, 0.15) is 49.1 Å². The van der Waals surface area contributed by atoms with Crippen LogP contribution in [0.5, 0.6) is 0 Å². The molecule has 102 valence electrons. The van der Waals surface area contributed by atoms with E-state index in [-0.39, 0.29) is 0 Å². The third-order valence-electron chi connectivity index (χ3n) is 4.87. The predicted molar refractivity (Wildman–Crippen MR) is 74.5 cm³/mol. The van der Waals surface area contributed by atoms with E-state index in [4.69, 9.17) is 0 Å². The minimum atomic E-state index is -0.652. The summed E-state index contributed by atoms with van der Waals surface area (Å²) in [5.74, 6) is -0.0617. The number of carboxylic acids is 1. The number of benzene rings is 1. The van der Waals surface area contributed by atoms with Crippen LogP contribution in [-0.4, -0.2) is 24.2 Å². The fourth-order valence-electron chi connectivity index (χ4n) is 3.40. The van der Waals surface area contributed by atoms with Crippen LogP contribution in [0.25, 0.3) is 0 Å². The van der Waals surface area contributed by atoms with Crippen molar-refractivity contribution in [3.8, 4) is 0 Å². The molecule has 3 nitrogen and oxygen atoms in total. The Bertz CT molecular complexity index is 473. The molecule has 2 aliphatic rings. The summed E-state index contributed by atoms with van der Waals surface area (Å²) in [6.07, 6.45) is 4.92. The molecule has 0 aromatic heterocycles. The molecule has 1 saturated heterocycles. The highest BCUT2D eigenvalue weighted by atomic mass is 16.4. The van der Waals surface area contributed by atoms with Crippen LogP contribution < -0.4 is 5.32 Å². The quantitative estimate of drug-likeness (QED) is 0.877. The van der Waals surface area contributed by atoms with Crippen LogP contribution in [-0.2, 0) is 10.2 Å². The minimum absolute atomic E-state index is 0.590. The number of nitrogens with one attached hydrogen (secondary N) is 1. The molecule has 3 heteroatoms. The van der Waals surface area contributed by atoms with Crippen molar-refractivity contribution in [2.75, 3.05) is 13.1 Å². The standard InChI is InChI=1S/C16H21NO2/c18-15(19)16(7-2-8-16)14-4-1-3-13(11-14)12-5-9-17-10-6-12/h1,3-4,11-12,17H,2,5-10H2,(H,18,19). The maximum absolute atomic E-state index is 11.6. The fourth-order valence-corrected chi connectivity index (χ4v) is 3.40. The molecule has 0 unspecified atom stereocenters. The van der Waals surface area contributed by atoms with Gasteiger partial charge in [0.2, 0.25) is 0 Å². The highest BCUT2D eigenvalue weighted by Crippen LogP contribution is 2.44. The van der Waals surface area contributed by atoms with Gasteiger partial charge in [0, 0.05) is 0 Å². The lowest BCUT2D eigenvalue weighted by Gasteiger charge is -2.38. The molecule has 1 aromatic rings. The van der Waals surface area contributed by atoms with Crippen molar-refractivity contribution in [1.29, 1.82) is 0 Å². The Labute approximate surface area is 114 Å². The van der Waals surface area contributed by atoms with E-state index in [1.54, 1.807) is 0 Å². The fraction of sp³-hybridized carbons (Fsp3) is 0.562. The molecule has 1 heterocycles. The molecule has 0 atom stereocenters. The first kappa shape index (κ1) is 12.7. The molecule has 0 amide bonds. The van der Waals surface area contributed by atoms with Crippen molar-refractivity contribution in [1.82, 2.24) is 5.32 Å². The van der Waals surface area contributed by atoms with E-state index >= 15 is 0 Å². The number of rotatable bonds is 3. The maximum Gasteiger partial charge on any atom is 0.314 e. The van der Waals surface area contributed by atoms with E-state index in [0.29, 0.717) is 5.92 Å². The zero-order chi connectivity index (χ0) is 13.3. The monoisotopic (exact) mass is 259 g/mol. The van der Waals surface area contributed by atoms with Gasteiger partial charge in [0.1, 0.15) is 0 Å². The topological polar surface area (TPSA) is 49.3 Å². The van der Waals surface area contributed by atoms with Gasteiger partial charge in [-0.1, -0.05) is 30.7 Å². The van der Waals surface area contributed by atoms with E-state index in [0.717, 1.165) is 50.8 Å². The van der Waals surface area contributed by atoms with Gasteiger partial charge in [-0.05, 0) is 55.8 Å². The molecule has 19 heavy (non-hydrogen) atoms. The molecule has 0 bridgehead atoms. The molecular formula is C16H21NO2. The van der Waals surface area contributed by atoms with E-state index in [9.17, 15) is 9.90 Å². The van der Waals surface area contributed by atoms with Gasteiger partial charge in [0.05, 0.1) is 5.41 Å². The molecule has 3 rings (SSSR count). The Hall–Kier alpha value is -1.35. The Kier molecular flexibility index (Phi) is 3.31. The van der Waals surface area contributed by atoms with Gasteiger partial charge in [-0.25, -0.2) is 0 Å². The number of carbonyl (C=O) groups is 1. The normalized spacial score (nSPS) is 22.7. The molecule has 1 aliphatic carbocycles. The third kappa shape index (κ3) is 2.16. The number of piperidine rings is 1. The molecule has 0 spiro atoms. The van der Waals surface area contributed by atoms with Crippen molar-refractivity contribution in [2.24, 2.45) is 0 Å². The van der Waals surface area contributed by atoms with E-state index < -0.39 is 11.4 Å². The third-order valence-corrected chi connectivity index (χ3v) is 4.87. The summed E-state index contributed by atoms with van der Waals surface area (Å²) in [6, 6.07) is 8.35. The van der Waals surface area contributed by atoms with Crippen LogP contribution in [0, 0.1) is 0 Å². The first-order valence-electron chi connectivity index (χ1n) is 7.27. The van der Waals surface area contributed by atoms with Crippen LogP contribution >= 0.6 is 0 Å². The second-order valence-electron chi connectivity index (χ2n) is 5.89. The van der Waals surface area contributed by atoms with Crippen LogP contribution in [0.15, 0.2) is 24.3 Å². The Morgan fingerprint density at radius 3 is 2.58 bits per heavy atom. The van der Waals surface area contributed by atoms with Crippen molar-refractivity contribution >= 4 is 5.97 Å². The van der Waals surface area contributed by atoms with Crippen molar-refractivity contribution in [2.45, 2.75) is 43.4 Å². The molecule has 0 radical (unpaired) electrons. The summed E-state index contributed by atoms with van der Waals surface area (Å²) in [4.78, 5) is 11.6. The summed E-state index contributed by atoms with van der Waals surface area (Å²) in [7, 11) is 0. The summed E-state index contributed by atoms with van der Waals surface area (Å²) >= 11 is 0. The number of aliphatic carboxylic acids is 1. The second kappa shape index (κ2) is 4.97.